The molecule has 2 amide bonds. The number of Topliss-reactive ketones (excluding diaryl/α,β-unsaturated/α-hetero) is 1. The maximum Gasteiger partial charge on any atom is 0.307 e. The molecule has 1 aliphatic carbocycles. The molecule has 0 radical (unpaired) electrons. The minimum absolute atomic E-state index is 0.155. The third kappa shape index (κ3) is 5.48. The zero-order chi connectivity index (χ0) is 31.7. The molecule has 0 spiro atoms. The predicted octanol–water partition coefficient (Wildman–Crippen LogP) is 4.39. The first kappa shape index (κ1) is 29.5. The van der Waals surface area contributed by atoms with Gasteiger partial charge in [0.2, 0.25) is 12.3 Å². The van der Waals surface area contributed by atoms with Gasteiger partial charge in [0.1, 0.15) is 5.82 Å². The summed E-state index contributed by atoms with van der Waals surface area (Å²) in [7, 11) is 0. The van der Waals surface area contributed by atoms with Gasteiger partial charge in [0.25, 0.3) is 0 Å². The number of rotatable bonds is 7. The van der Waals surface area contributed by atoms with Gasteiger partial charge in [-0.2, -0.15) is 0 Å². The smallest absolute Gasteiger partial charge is 0.307 e. The number of amides is 2. The molecule has 3 aliphatic heterocycles. The third-order valence-corrected chi connectivity index (χ3v) is 8.52. The average Bonchev–Trinajstić information content (AvgIpc) is 3.56. The van der Waals surface area contributed by atoms with Crippen LogP contribution in [0.25, 0.3) is 0 Å². The first-order valence-corrected chi connectivity index (χ1v) is 14.5. The molecule has 45 heavy (non-hydrogen) atoms. The molecule has 0 fully saturated rings. The number of allylic oxidation sites excluding steroid dienone is 2. The normalized spacial score (nSPS) is 20.2. The van der Waals surface area contributed by atoms with Crippen LogP contribution in [-0.4, -0.2) is 41.4 Å². The Morgan fingerprint density at radius 3 is 2.64 bits per heavy atom. The van der Waals surface area contributed by atoms with E-state index in [4.69, 9.17) is 5.73 Å². The molecule has 228 valence electrons. The number of primary amides is 1. The molecule has 3 aromatic carbocycles. The molecule has 3 aromatic rings. The fraction of sp³-hybridized carbons (Fsp3) is 0.206. The first-order valence-electron chi connectivity index (χ1n) is 14.5. The first-order chi connectivity index (χ1) is 21.8. The maximum atomic E-state index is 14.3. The van der Waals surface area contributed by atoms with Gasteiger partial charge < -0.3 is 26.4 Å². The lowest BCUT2D eigenvalue weighted by molar-refractivity contribution is -0.136. The van der Waals surface area contributed by atoms with Gasteiger partial charge in [-0.05, 0) is 42.2 Å². The van der Waals surface area contributed by atoms with Gasteiger partial charge in [-0.1, -0.05) is 48.5 Å². The lowest BCUT2D eigenvalue weighted by Crippen LogP contribution is -2.30. The van der Waals surface area contributed by atoms with Crippen molar-refractivity contribution in [1.29, 1.82) is 0 Å². The van der Waals surface area contributed by atoms with E-state index in [2.05, 4.69) is 27.8 Å². The number of hydrogen-bond donors (Lipinski definition) is 4. The highest BCUT2D eigenvalue weighted by Gasteiger charge is 2.42. The van der Waals surface area contributed by atoms with E-state index in [1.807, 2.05) is 18.2 Å². The van der Waals surface area contributed by atoms with Gasteiger partial charge >= 0.3 is 5.97 Å². The summed E-state index contributed by atoms with van der Waals surface area (Å²) < 4.78 is 14.3. The van der Waals surface area contributed by atoms with Crippen LogP contribution >= 0.6 is 0 Å². The number of fused-ring (bicyclic) bond motifs is 6. The van der Waals surface area contributed by atoms with Crippen molar-refractivity contribution in [3.8, 4) is 0 Å². The van der Waals surface area contributed by atoms with Crippen LogP contribution in [0.5, 0.6) is 0 Å². The van der Waals surface area contributed by atoms with Crippen molar-refractivity contribution < 1.29 is 28.7 Å². The number of carbonyl (C=O) groups excluding carboxylic acids is 3. The number of carbonyl (C=O) groups is 4. The molecule has 11 heteroatoms. The van der Waals surface area contributed by atoms with Crippen molar-refractivity contribution in [3.05, 3.63) is 112 Å². The van der Waals surface area contributed by atoms with Crippen molar-refractivity contribution in [3.63, 3.8) is 0 Å². The molecular weight excluding hydrogens is 577 g/mol. The van der Waals surface area contributed by atoms with Crippen LogP contribution in [0.15, 0.2) is 89.2 Å². The fourth-order valence-electron chi connectivity index (χ4n) is 6.65. The number of benzene rings is 3. The number of aliphatic carboxylic acids is 1. The van der Waals surface area contributed by atoms with Crippen LogP contribution in [0.4, 0.5) is 21.5 Å². The van der Waals surface area contributed by atoms with Gasteiger partial charge in [0.05, 0.1) is 36.5 Å². The van der Waals surface area contributed by atoms with Gasteiger partial charge in [0, 0.05) is 46.2 Å². The van der Waals surface area contributed by atoms with Gasteiger partial charge in [-0.15, -0.1) is 0 Å². The Kier molecular flexibility index (Phi) is 7.99. The predicted molar refractivity (Wildman–Crippen MR) is 167 cm³/mol. The summed E-state index contributed by atoms with van der Waals surface area (Å²) in [5.41, 5.74) is 11.3. The molecule has 0 aromatic heterocycles. The molecule has 0 bridgehead atoms. The van der Waals surface area contributed by atoms with E-state index < -0.39 is 11.9 Å². The Labute approximate surface area is 258 Å². The molecule has 4 aliphatic rings. The molecule has 0 saturated heterocycles. The van der Waals surface area contributed by atoms with Crippen molar-refractivity contribution in [1.82, 2.24) is 0 Å². The summed E-state index contributed by atoms with van der Waals surface area (Å²) in [4.78, 5) is 52.3. The zero-order valence-corrected chi connectivity index (χ0v) is 24.1. The molecule has 10 nitrogen and oxygen atoms in total. The van der Waals surface area contributed by atoms with Crippen LogP contribution in [0.2, 0.25) is 0 Å². The monoisotopic (exact) mass is 607 g/mol. The summed E-state index contributed by atoms with van der Waals surface area (Å²) in [5, 5.41) is 15.2. The van der Waals surface area contributed by atoms with E-state index in [1.165, 1.54) is 24.0 Å². The van der Waals surface area contributed by atoms with Gasteiger partial charge in [-0.3, -0.25) is 24.2 Å². The number of nitrogens with zero attached hydrogens (tertiary/aromatic N) is 2. The number of nitrogens with one attached hydrogen (secondary N) is 2. The Morgan fingerprint density at radius 1 is 1.11 bits per heavy atom. The molecular formula is C34H30FN5O5. The number of ketones is 1. The van der Waals surface area contributed by atoms with Crippen molar-refractivity contribution in [2.45, 2.75) is 43.7 Å². The quantitative estimate of drug-likeness (QED) is 0.291. The fourth-order valence-corrected chi connectivity index (χ4v) is 6.65. The molecule has 3 heterocycles. The Bertz CT molecular complexity index is 1820. The number of anilines is 3. The number of carboxylic acids is 1. The second kappa shape index (κ2) is 12.2. The van der Waals surface area contributed by atoms with Gasteiger partial charge in [-0.25, -0.2) is 4.39 Å². The van der Waals surface area contributed by atoms with E-state index in [1.54, 1.807) is 35.2 Å². The topological polar surface area (TPSA) is 154 Å². The van der Waals surface area contributed by atoms with Crippen LogP contribution in [0.1, 0.15) is 46.9 Å². The summed E-state index contributed by atoms with van der Waals surface area (Å²) in [6.07, 6.45) is 6.85. The minimum Gasteiger partial charge on any atom is -0.481 e. The second-order valence-electron chi connectivity index (χ2n) is 11.1. The van der Waals surface area contributed by atoms with Gasteiger partial charge in [0.15, 0.2) is 5.78 Å². The SMILES string of the molecule is NC(=O)C1=CCCC2Nc3ccccc3C12.O=CNc1c(CC(=O)O)ccc2c1C1C(=O)C=NC=C1N2Cc1ccccc1F. The summed E-state index contributed by atoms with van der Waals surface area (Å²) in [6, 6.07) is 18.1. The molecule has 5 N–H and O–H groups in total. The highest BCUT2D eigenvalue weighted by Crippen LogP contribution is 2.50. The number of nitrogens with two attached hydrogens (primary N) is 1. The molecule has 7 rings (SSSR count). The number of hydrogen-bond acceptors (Lipinski definition) is 7. The minimum atomic E-state index is -1.06. The zero-order valence-electron chi connectivity index (χ0n) is 24.1. The molecule has 3 unspecified atom stereocenters. The Morgan fingerprint density at radius 2 is 1.89 bits per heavy atom. The number of aliphatic imine (C=N–C) groups is 1. The third-order valence-electron chi connectivity index (χ3n) is 8.52. The Balaban J connectivity index is 0.000000187. The average molecular weight is 608 g/mol. The van der Waals surface area contributed by atoms with E-state index in [9.17, 15) is 28.7 Å². The highest BCUT2D eigenvalue weighted by molar-refractivity contribution is 6.33. The largest absolute Gasteiger partial charge is 0.481 e. The van der Waals surface area contributed by atoms with Crippen LogP contribution in [0, 0.1) is 5.82 Å². The lowest BCUT2D eigenvalue weighted by Gasteiger charge is -2.25. The summed E-state index contributed by atoms with van der Waals surface area (Å²) in [5.74, 6) is -2.60. The van der Waals surface area contributed by atoms with Crippen LogP contribution < -0.4 is 21.3 Å². The summed E-state index contributed by atoms with van der Waals surface area (Å²) >= 11 is 0. The number of carboxylic acid groups (broad SMARTS) is 1. The van der Waals surface area contributed by atoms with Crippen molar-refractivity contribution in [2.75, 3.05) is 15.5 Å². The lowest BCUT2D eigenvalue weighted by atomic mass is 9.81. The van der Waals surface area contributed by atoms with Crippen LogP contribution in [-0.2, 0) is 32.1 Å². The van der Waals surface area contributed by atoms with E-state index in [-0.39, 0.29) is 42.1 Å². The molecule has 3 atom stereocenters. The summed E-state index contributed by atoms with van der Waals surface area (Å²) in [6.45, 7) is 0.156. The standard InChI is InChI=1S/C21H16FN3O4.C13H14N2O/c22-14-4-2-1-3-13(14)10-25-15-6-5-12(7-18(28)29)21(24-11-26)20(15)19-16(25)8-23-9-17(19)27;14-13(16)9-5-3-7-11-12(9)8-4-1-2-6-10(8)15-11/h1-6,8-9,11,19H,7,10H2,(H,24,26)(H,28,29);1-2,4-6,11-12,15H,3,7H2,(H2,14,16). The number of para-hydroxylation sites is 1. The van der Waals surface area contributed by atoms with Crippen LogP contribution in [0.3, 0.4) is 0 Å². The van der Waals surface area contributed by atoms with Crippen molar-refractivity contribution >= 4 is 47.3 Å². The Hall–Kier alpha value is -5.58. The maximum absolute atomic E-state index is 14.3. The van der Waals surface area contributed by atoms with E-state index >= 15 is 0 Å². The highest BCUT2D eigenvalue weighted by atomic mass is 19.1. The van der Waals surface area contributed by atoms with E-state index in [0.29, 0.717) is 40.5 Å². The van der Waals surface area contributed by atoms with E-state index in [0.717, 1.165) is 24.1 Å². The number of halogens is 1. The molecule has 0 saturated carbocycles. The van der Waals surface area contributed by atoms with Crippen molar-refractivity contribution in [2.24, 2.45) is 10.7 Å². The second-order valence-corrected chi connectivity index (χ2v) is 11.1.